The summed E-state index contributed by atoms with van der Waals surface area (Å²) in [6, 6.07) is 7.73. The Morgan fingerprint density at radius 2 is 2.04 bits per heavy atom. The zero-order valence-corrected chi connectivity index (χ0v) is 16.4. The van der Waals surface area contributed by atoms with Gasteiger partial charge in [0.1, 0.15) is 6.33 Å². The van der Waals surface area contributed by atoms with Gasteiger partial charge in [0.05, 0.1) is 13.7 Å². The second-order valence-corrected chi connectivity index (χ2v) is 6.76. The lowest BCUT2D eigenvalue weighted by Crippen LogP contribution is -2.48. The third-order valence-corrected chi connectivity index (χ3v) is 5.04. The van der Waals surface area contributed by atoms with Gasteiger partial charge in [0.2, 0.25) is 0 Å². The van der Waals surface area contributed by atoms with Crippen LogP contribution < -0.4 is 14.5 Å². The Morgan fingerprint density at radius 1 is 1.26 bits per heavy atom. The first-order valence-electron chi connectivity index (χ1n) is 8.83. The first kappa shape index (κ1) is 19.2. The molecule has 2 aromatic rings. The fraction of sp³-hybridized carbons (Fsp3) is 0.421. The van der Waals surface area contributed by atoms with Crippen molar-refractivity contribution in [3.63, 3.8) is 0 Å². The van der Waals surface area contributed by atoms with E-state index in [0.29, 0.717) is 16.6 Å². The van der Waals surface area contributed by atoms with Crippen molar-refractivity contribution in [2.75, 3.05) is 63.2 Å². The van der Waals surface area contributed by atoms with Gasteiger partial charge in [-0.15, -0.1) is 0 Å². The van der Waals surface area contributed by atoms with E-state index in [1.165, 1.54) is 6.33 Å². The molecule has 1 saturated heterocycles. The number of rotatable bonds is 6. The first-order chi connectivity index (χ1) is 13.1. The number of ether oxygens (including phenoxy) is 1. The van der Waals surface area contributed by atoms with Gasteiger partial charge >= 0.3 is 0 Å². The molecule has 2 heterocycles. The van der Waals surface area contributed by atoms with E-state index in [0.717, 1.165) is 50.8 Å². The number of benzene rings is 1. The predicted molar refractivity (Wildman–Crippen MR) is 108 cm³/mol. The third kappa shape index (κ3) is 4.59. The molecule has 0 aliphatic carbocycles. The van der Waals surface area contributed by atoms with Gasteiger partial charge < -0.3 is 14.5 Å². The van der Waals surface area contributed by atoms with E-state index >= 15 is 0 Å². The van der Waals surface area contributed by atoms with E-state index in [4.69, 9.17) is 22.9 Å². The van der Waals surface area contributed by atoms with Crippen LogP contribution >= 0.6 is 11.6 Å². The number of anilines is 2. The van der Waals surface area contributed by atoms with Crippen molar-refractivity contribution in [3.05, 3.63) is 47.2 Å². The van der Waals surface area contributed by atoms with Gasteiger partial charge in [-0.05, 0) is 12.1 Å². The Morgan fingerprint density at radius 3 is 2.74 bits per heavy atom. The zero-order valence-electron chi connectivity index (χ0n) is 15.6. The molecule has 27 heavy (non-hydrogen) atoms. The average molecular weight is 387 g/mol. The van der Waals surface area contributed by atoms with Crippen LogP contribution in [-0.4, -0.2) is 68.3 Å². The molecule has 0 radical (unpaired) electrons. The molecule has 7 nitrogen and oxygen atoms in total. The summed E-state index contributed by atoms with van der Waals surface area (Å²) in [7, 11) is 3.65. The van der Waals surface area contributed by atoms with E-state index in [1.54, 1.807) is 7.11 Å². The van der Waals surface area contributed by atoms with Crippen LogP contribution in [-0.2, 0) is 0 Å². The maximum atomic E-state index is 7.14. The summed E-state index contributed by atoms with van der Waals surface area (Å²) in [6.07, 6.45) is 1.47. The molecule has 1 aliphatic heterocycles. The lowest BCUT2D eigenvalue weighted by atomic mass is 10.2. The largest absolute Gasteiger partial charge is 0.490 e. The summed E-state index contributed by atoms with van der Waals surface area (Å²) >= 11 is 6.10. The normalized spacial score (nSPS) is 14.7. The van der Waals surface area contributed by atoms with Crippen LogP contribution in [0.5, 0.6) is 5.75 Å². The lowest BCUT2D eigenvalue weighted by molar-refractivity contribution is 0.262. The molecule has 0 saturated carbocycles. The van der Waals surface area contributed by atoms with Crippen LogP contribution in [0.15, 0.2) is 30.6 Å². The van der Waals surface area contributed by atoms with Crippen molar-refractivity contribution in [1.29, 1.82) is 0 Å². The van der Waals surface area contributed by atoms with E-state index in [-0.39, 0.29) is 0 Å². The fourth-order valence-electron chi connectivity index (χ4n) is 3.15. The van der Waals surface area contributed by atoms with Crippen LogP contribution in [0.3, 0.4) is 0 Å². The standard InChI is InChI=1S/C19H23ClN6O/c1-21-15-5-4-6-16(13-15)24(2)7-8-25-9-11-26(12-10-25)19-17(27-3)18(20)22-14-23-19/h4-6,13-14H,7-12H2,2-3H3. The maximum absolute atomic E-state index is 7.14. The molecular weight excluding hydrogens is 364 g/mol. The molecule has 0 N–H and O–H groups in total. The second-order valence-electron chi connectivity index (χ2n) is 6.40. The zero-order chi connectivity index (χ0) is 19.2. The Labute approximate surface area is 165 Å². The Bertz CT molecular complexity index is 816. The first-order valence-corrected chi connectivity index (χ1v) is 9.20. The van der Waals surface area contributed by atoms with Crippen molar-refractivity contribution in [1.82, 2.24) is 14.9 Å². The maximum Gasteiger partial charge on any atom is 0.199 e. The lowest BCUT2D eigenvalue weighted by Gasteiger charge is -2.36. The van der Waals surface area contributed by atoms with Gasteiger partial charge in [0.25, 0.3) is 0 Å². The summed E-state index contributed by atoms with van der Waals surface area (Å²) < 4.78 is 5.36. The van der Waals surface area contributed by atoms with E-state index in [9.17, 15) is 0 Å². The molecular formula is C19H23ClN6O. The number of nitrogens with zero attached hydrogens (tertiary/aromatic N) is 6. The van der Waals surface area contributed by atoms with E-state index < -0.39 is 0 Å². The molecule has 1 aromatic heterocycles. The smallest absolute Gasteiger partial charge is 0.199 e. The van der Waals surface area contributed by atoms with E-state index in [2.05, 4.69) is 36.6 Å². The van der Waals surface area contributed by atoms with Gasteiger partial charge in [-0.25, -0.2) is 14.8 Å². The van der Waals surface area contributed by atoms with Crippen LogP contribution in [0.25, 0.3) is 4.85 Å². The monoisotopic (exact) mass is 386 g/mol. The highest BCUT2D eigenvalue weighted by atomic mass is 35.5. The minimum Gasteiger partial charge on any atom is -0.490 e. The summed E-state index contributed by atoms with van der Waals surface area (Å²) in [5.74, 6) is 1.29. The van der Waals surface area contributed by atoms with Crippen molar-refractivity contribution in [2.45, 2.75) is 0 Å². The van der Waals surface area contributed by atoms with Gasteiger partial charge in [-0.3, -0.25) is 4.90 Å². The van der Waals surface area contributed by atoms with Crippen LogP contribution in [0.1, 0.15) is 0 Å². The van der Waals surface area contributed by atoms with Crippen LogP contribution in [0, 0.1) is 6.57 Å². The highest BCUT2D eigenvalue weighted by molar-refractivity contribution is 6.31. The fourth-order valence-corrected chi connectivity index (χ4v) is 3.35. The second kappa shape index (κ2) is 8.89. The van der Waals surface area contributed by atoms with Crippen molar-refractivity contribution in [2.24, 2.45) is 0 Å². The van der Waals surface area contributed by atoms with Gasteiger partial charge in [0.15, 0.2) is 22.4 Å². The van der Waals surface area contributed by atoms with E-state index in [1.807, 2.05) is 24.3 Å². The van der Waals surface area contributed by atoms with Crippen molar-refractivity contribution < 1.29 is 4.74 Å². The van der Waals surface area contributed by atoms with Gasteiger partial charge in [-0.2, -0.15) is 0 Å². The predicted octanol–water partition coefficient (Wildman–Crippen LogP) is 2.95. The molecule has 0 unspecified atom stereocenters. The average Bonchev–Trinajstić information content (AvgIpc) is 2.72. The minimum atomic E-state index is 0.341. The molecule has 8 heteroatoms. The molecule has 1 fully saturated rings. The molecule has 1 aromatic carbocycles. The summed E-state index contributed by atoms with van der Waals surface area (Å²) in [4.78, 5) is 18.6. The summed E-state index contributed by atoms with van der Waals surface area (Å²) in [6.45, 7) is 12.6. The van der Waals surface area contributed by atoms with Crippen molar-refractivity contribution >= 4 is 28.8 Å². The molecule has 142 valence electrons. The molecule has 0 atom stereocenters. The van der Waals surface area contributed by atoms with Crippen molar-refractivity contribution in [3.8, 4) is 5.75 Å². The number of piperazine rings is 1. The summed E-state index contributed by atoms with van der Waals surface area (Å²) in [5, 5.41) is 0.341. The van der Waals surface area contributed by atoms with Gasteiger partial charge in [-0.1, -0.05) is 23.7 Å². The number of likely N-dealkylation sites (N-methyl/N-ethyl adjacent to an activating group) is 1. The Balaban J connectivity index is 1.53. The number of hydrogen-bond donors (Lipinski definition) is 0. The highest BCUT2D eigenvalue weighted by Crippen LogP contribution is 2.31. The molecule has 0 bridgehead atoms. The SMILES string of the molecule is [C-]#[N+]c1cccc(N(C)CCN2CCN(c3ncnc(Cl)c3OC)CC2)c1. The Hall–Kier alpha value is -2.56. The topological polar surface area (TPSA) is 49.1 Å². The van der Waals surface area contributed by atoms with Crippen LogP contribution in [0.2, 0.25) is 5.15 Å². The number of aromatic nitrogens is 2. The molecule has 0 amide bonds. The van der Waals surface area contributed by atoms with Crippen LogP contribution in [0.4, 0.5) is 17.2 Å². The number of methoxy groups -OCH3 is 1. The molecule has 1 aliphatic rings. The minimum absolute atomic E-state index is 0.341. The number of halogens is 1. The third-order valence-electron chi connectivity index (χ3n) is 4.77. The number of hydrogen-bond acceptors (Lipinski definition) is 6. The molecule has 3 rings (SSSR count). The quantitative estimate of drug-likeness (QED) is 0.562. The highest BCUT2D eigenvalue weighted by Gasteiger charge is 2.22. The molecule has 0 spiro atoms. The summed E-state index contributed by atoms with van der Waals surface area (Å²) in [5.41, 5.74) is 1.74. The Kier molecular flexibility index (Phi) is 6.32. The van der Waals surface area contributed by atoms with Gasteiger partial charge in [0, 0.05) is 52.0 Å².